The molecule has 0 fully saturated rings. The summed E-state index contributed by atoms with van der Waals surface area (Å²) in [5.74, 6) is 0.200. The van der Waals surface area contributed by atoms with Crippen molar-refractivity contribution < 1.29 is 21.9 Å². The van der Waals surface area contributed by atoms with Gasteiger partial charge in [-0.15, -0.1) is 0 Å². The van der Waals surface area contributed by atoms with Gasteiger partial charge in [-0.25, -0.2) is 8.42 Å². The van der Waals surface area contributed by atoms with E-state index in [-0.39, 0.29) is 17.8 Å². The number of nitrogens with zero attached hydrogens (tertiary/aromatic N) is 2. The largest absolute Gasteiger partial charge is 0.439 e. The highest BCUT2D eigenvalue weighted by atomic mass is 32.2. The predicted octanol–water partition coefficient (Wildman–Crippen LogP) is 5.25. The Morgan fingerprint density at radius 3 is 2.31 bits per heavy atom. The molecule has 1 N–H and O–H groups in total. The van der Waals surface area contributed by atoms with Gasteiger partial charge in [0.05, 0.1) is 23.6 Å². The Balaban J connectivity index is 0.00000176. The second kappa shape index (κ2) is 10.6. The van der Waals surface area contributed by atoms with Gasteiger partial charge >= 0.3 is 6.61 Å². The smallest absolute Gasteiger partial charge is 0.387 e. The number of nitrogens with one attached hydrogen (secondary N) is 1. The Hall–Kier alpha value is -2.86. The molecule has 3 rings (SSSR count). The van der Waals surface area contributed by atoms with E-state index in [0.717, 1.165) is 23.1 Å². The molecule has 0 spiro atoms. The Bertz CT molecular complexity index is 1050. The first-order valence-corrected chi connectivity index (χ1v) is 12.4. The molecule has 32 heavy (non-hydrogen) atoms. The second-order valence-electron chi connectivity index (χ2n) is 7.48. The van der Waals surface area contributed by atoms with E-state index >= 15 is 0 Å². The van der Waals surface area contributed by atoms with Crippen LogP contribution in [0.15, 0.2) is 53.3 Å². The zero-order valence-corrected chi connectivity index (χ0v) is 19.7. The minimum atomic E-state index is -3.39. The zero-order valence-electron chi connectivity index (χ0n) is 18.9. The highest BCUT2D eigenvalue weighted by molar-refractivity contribution is 7.92. The van der Waals surface area contributed by atoms with Crippen LogP contribution in [0.3, 0.4) is 0 Å². The first-order chi connectivity index (χ1) is 15.1. The number of hydrogen-bond donors (Lipinski definition) is 1. The van der Waals surface area contributed by atoms with E-state index in [2.05, 4.69) is 20.4 Å². The van der Waals surface area contributed by atoms with Crippen molar-refractivity contribution in [1.82, 2.24) is 4.90 Å². The van der Waals surface area contributed by atoms with Crippen molar-refractivity contribution in [2.45, 2.75) is 59.2 Å². The van der Waals surface area contributed by atoms with E-state index in [9.17, 15) is 22.5 Å². The molecule has 0 saturated carbocycles. The van der Waals surface area contributed by atoms with E-state index in [0.29, 0.717) is 24.1 Å². The molecule has 9 heteroatoms. The molecule has 0 bridgehead atoms. The number of sulfonamides is 1. The molecule has 1 heterocycles. The Kier molecular flexibility index (Phi) is 8.44. The molecule has 0 radical (unpaired) electrons. The summed E-state index contributed by atoms with van der Waals surface area (Å²) in [4.78, 5) is 2.11. The summed E-state index contributed by atoms with van der Waals surface area (Å²) in [7, 11) is -3.39. The Morgan fingerprint density at radius 1 is 1.19 bits per heavy atom. The van der Waals surface area contributed by atoms with Crippen LogP contribution in [0.4, 0.5) is 14.5 Å². The normalized spacial score (nSPS) is 18.2. The van der Waals surface area contributed by atoms with Crippen molar-refractivity contribution in [3.8, 4) is 6.07 Å². The third-order valence-corrected chi connectivity index (χ3v) is 5.57. The summed E-state index contributed by atoms with van der Waals surface area (Å²) in [6, 6.07) is 9.01. The van der Waals surface area contributed by atoms with Crippen molar-refractivity contribution >= 4 is 21.4 Å². The number of halogens is 2. The van der Waals surface area contributed by atoms with Crippen LogP contribution in [-0.4, -0.2) is 38.3 Å². The summed E-state index contributed by atoms with van der Waals surface area (Å²) in [6.45, 7) is 5.13. The molecule has 1 aliphatic carbocycles. The first kappa shape index (κ1) is 25.4. The van der Waals surface area contributed by atoms with Crippen LogP contribution in [0.5, 0.6) is 0 Å². The van der Waals surface area contributed by atoms with Gasteiger partial charge in [0.15, 0.2) is 0 Å². The molecular weight excluding hydrogens is 436 g/mol. The van der Waals surface area contributed by atoms with Gasteiger partial charge in [0, 0.05) is 18.2 Å². The maximum absolute atomic E-state index is 12.6. The molecule has 174 valence electrons. The average molecular weight is 466 g/mol. The lowest BCUT2D eigenvalue weighted by Crippen LogP contribution is -2.36. The zero-order chi connectivity index (χ0) is 24.1. The molecule has 1 unspecified atom stereocenters. The fraction of sp³-hybridized carbons (Fsp3) is 0.435. The number of allylic oxidation sites excluding steroid dienone is 3. The van der Waals surface area contributed by atoms with Crippen molar-refractivity contribution in [2.75, 3.05) is 11.0 Å². The summed E-state index contributed by atoms with van der Waals surface area (Å²) in [5, 5.41) is 9.91. The molecule has 1 aromatic carbocycles. The van der Waals surface area contributed by atoms with Gasteiger partial charge in [-0.2, -0.15) is 14.0 Å². The van der Waals surface area contributed by atoms with Gasteiger partial charge in [-0.05, 0) is 49.6 Å². The number of fused-ring (bicyclic) bond motifs is 1. The molecule has 2 aliphatic rings. The van der Waals surface area contributed by atoms with Crippen LogP contribution in [0.1, 0.15) is 46.1 Å². The lowest BCUT2D eigenvalue weighted by atomic mass is 9.99. The Labute approximate surface area is 188 Å². The van der Waals surface area contributed by atoms with E-state index in [1.165, 1.54) is 6.08 Å². The van der Waals surface area contributed by atoms with Gasteiger partial charge in [0.2, 0.25) is 10.0 Å². The molecule has 0 amide bonds. The van der Waals surface area contributed by atoms with Gasteiger partial charge in [0.25, 0.3) is 0 Å². The number of nitriles is 1. The fourth-order valence-electron chi connectivity index (χ4n) is 3.92. The lowest BCUT2D eigenvalue weighted by molar-refractivity contribution is -0.0987. The molecule has 0 aromatic heterocycles. The summed E-state index contributed by atoms with van der Waals surface area (Å²) < 4.78 is 55.1. The highest BCUT2D eigenvalue weighted by Crippen LogP contribution is 2.44. The number of alkyl halides is 2. The minimum absolute atomic E-state index is 0.0469. The third kappa shape index (κ3) is 5.88. The third-order valence-electron chi connectivity index (χ3n) is 4.96. The number of benzene rings is 1. The summed E-state index contributed by atoms with van der Waals surface area (Å²) >= 11 is 0. The summed E-state index contributed by atoms with van der Waals surface area (Å²) in [5.41, 5.74) is 3.21. The monoisotopic (exact) mass is 465 g/mol. The van der Waals surface area contributed by atoms with Crippen LogP contribution in [-0.2, 0) is 14.8 Å². The SMILES string of the molecule is CC.CC(C)N1C(c2ccc(NS(C)(=O)=O)cc2)=C(C#N)C2=CC=C(OC(F)F)CCC21. The molecule has 1 aliphatic heterocycles. The molecule has 0 saturated heterocycles. The summed E-state index contributed by atoms with van der Waals surface area (Å²) in [6.07, 6.45) is 5.15. The maximum Gasteiger partial charge on any atom is 0.387 e. The Morgan fingerprint density at radius 2 is 1.81 bits per heavy atom. The predicted molar refractivity (Wildman–Crippen MR) is 122 cm³/mol. The molecular formula is C23H29F2N3O3S. The maximum atomic E-state index is 12.6. The number of hydrogen-bond acceptors (Lipinski definition) is 5. The standard InChI is InChI=1S/C21H23F2N3O3S.C2H6/c1-13(2)26-19-11-9-16(29-21(22)23)8-10-17(19)18(12-24)20(26)14-4-6-15(7-5-14)25-30(3,27)28;1-2/h4-8,10,13,19,21,25H,9,11H2,1-3H3;1-2H3. The highest BCUT2D eigenvalue weighted by Gasteiger charge is 2.39. The second-order valence-corrected chi connectivity index (χ2v) is 9.22. The van der Waals surface area contributed by atoms with Gasteiger partial charge in [0.1, 0.15) is 11.8 Å². The molecule has 6 nitrogen and oxygen atoms in total. The van der Waals surface area contributed by atoms with Crippen molar-refractivity contribution in [1.29, 1.82) is 5.26 Å². The van der Waals surface area contributed by atoms with Gasteiger partial charge in [-0.3, -0.25) is 4.72 Å². The van der Waals surface area contributed by atoms with Crippen LogP contribution < -0.4 is 4.72 Å². The van der Waals surface area contributed by atoms with Gasteiger partial charge < -0.3 is 9.64 Å². The van der Waals surface area contributed by atoms with Gasteiger partial charge in [-0.1, -0.05) is 32.1 Å². The van der Waals surface area contributed by atoms with Crippen molar-refractivity contribution in [2.24, 2.45) is 0 Å². The van der Waals surface area contributed by atoms with E-state index < -0.39 is 16.6 Å². The quantitative estimate of drug-likeness (QED) is 0.620. The van der Waals surface area contributed by atoms with E-state index in [1.807, 2.05) is 27.7 Å². The first-order valence-electron chi connectivity index (χ1n) is 10.5. The fourth-order valence-corrected chi connectivity index (χ4v) is 4.49. The van der Waals surface area contributed by atoms with E-state index in [1.54, 1.807) is 30.3 Å². The van der Waals surface area contributed by atoms with Crippen LogP contribution in [0.2, 0.25) is 0 Å². The number of rotatable bonds is 6. The number of ether oxygens (including phenoxy) is 1. The van der Waals surface area contributed by atoms with Crippen LogP contribution in [0, 0.1) is 11.3 Å². The molecule has 1 atom stereocenters. The molecule has 1 aromatic rings. The van der Waals surface area contributed by atoms with Crippen molar-refractivity contribution in [3.63, 3.8) is 0 Å². The van der Waals surface area contributed by atoms with Crippen molar-refractivity contribution in [3.05, 3.63) is 58.9 Å². The number of anilines is 1. The average Bonchev–Trinajstić information content (AvgIpc) is 2.91. The van der Waals surface area contributed by atoms with Crippen LogP contribution in [0.25, 0.3) is 5.70 Å². The van der Waals surface area contributed by atoms with Crippen LogP contribution >= 0.6 is 0 Å². The topological polar surface area (TPSA) is 82.4 Å². The minimum Gasteiger partial charge on any atom is -0.439 e. The van der Waals surface area contributed by atoms with E-state index in [4.69, 9.17) is 0 Å². The lowest BCUT2D eigenvalue weighted by Gasteiger charge is -2.34.